The van der Waals surface area contributed by atoms with Gasteiger partial charge in [0.1, 0.15) is 11.5 Å². The van der Waals surface area contributed by atoms with Crippen molar-refractivity contribution in [3.8, 4) is 5.75 Å². The van der Waals surface area contributed by atoms with E-state index in [1.54, 1.807) is 55.0 Å². The van der Waals surface area contributed by atoms with Gasteiger partial charge in [0.15, 0.2) is 5.17 Å². The highest BCUT2D eigenvalue weighted by Crippen LogP contribution is 2.35. The van der Waals surface area contributed by atoms with Crippen molar-refractivity contribution in [1.82, 2.24) is 4.90 Å². The van der Waals surface area contributed by atoms with Gasteiger partial charge >= 0.3 is 0 Å². The van der Waals surface area contributed by atoms with Gasteiger partial charge in [-0.1, -0.05) is 54.6 Å². The van der Waals surface area contributed by atoms with E-state index < -0.39 is 0 Å². The molecule has 1 N–H and O–H groups in total. The van der Waals surface area contributed by atoms with E-state index in [9.17, 15) is 9.90 Å². The molecule has 1 aliphatic rings. The standard InChI is InChI=1S/C25H21N3O3S/c1-18(14-19-8-3-2-4-9-19)16-26-27-25-28(17-21-11-7-13-31-21)24(30)23(32-25)15-20-10-5-6-12-22(20)29/h2-16,29H,17H2,1H3/b18-14+,23-15-,26-16+,27-25-. The molecule has 7 heteroatoms. The number of amides is 1. The third-order valence-electron chi connectivity index (χ3n) is 4.60. The number of aromatic hydroxyl groups is 1. The summed E-state index contributed by atoms with van der Waals surface area (Å²) in [5.74, 6) is 0.524. The lowest BCUT2D eigenvalue weighted by molar-refractivity contribution is -0.122. The molecule has 0 atom stereocenters. The molecule has 3 aromatic rings. The summed E-state index contributed by atoms with van der Waals surface area (Å²) in [6.45, 7) is 2.18. The predicted molar refractivity (Wildman–Crippen MR) is 129 cm³/mol. The van der Waals surface area contributed by atoms with Crippen molar-refractivity contribution in [3.63, 3.8) is 0 Å². The van der Waals surface area contributed by atoms with Crippen molar-refractivity contribution in [2.75, 3.05) is 0 Å². The molecule has 0 saturated carbocycles. The molecular formula is C25H21N3O3S. The normalized spacial score (nSPS) is 17.2. The predicted octanol–water partition coefficient (Wildman–Crippen LogP) is 5.55. The van der Waals surface area contributed by atoms with E-state index in [1.165, 1.54) is 16.7 Å². The van der Waals surface area contributed by atoms with Gasteiger partial charge in [-0.3, -0.25) is 9.69 Å². The number of furan rings is 1. The van der Waals surface area contributed by atoms with E-state index in [0.29, 0.717) is 21.4 Å². The molecule has 32 heavy (non-hydrogen) atoms. The van der Waals surface area contributed by atoms with Gasteiger partial charge in [0.25, 0.3) is 5.91 Å². The van der Waals surface area contributed by atoms with E-state index >= 15 is 0 Å². The zero-order chi connectivity index (χ0) is 22.3. The zero-order valence-corrected chi connectivity index (χ0v) is 18.2. The van der Waals surface area contributed by atoms with Crippen LogP contribution in [0.5, 0.6) is 5.75 Å². The summed E-state index contributed by atoms with van der Waals surface area (Å²) in [6.07, 6.45) is 6.88. The number of phenols is 1. The molecular weight excluding hydrogens is 422 g/mol. The molecule has 0 aliphatic carbocycles. The first-order chi connectivity index (χ1) is 15.6. The monoisotopic (exact) mass is 443 g/mol. The zero-order valence-electron chi connectivity index (χ0n) is 17.4. The Morgan fingerprint density at radius 1 is 1.09 bits per heavy atom. The number of hydrogen-bond donors (Lipinski definition) is 1. The van der Waals surface area contributed by atoms with Crippen LogP contribution in [0.15, 0.2) is 98.1 Å². The van der Waals surface area contributed by atoms with Crippen molar-refractivity contribution < 1.29 is 14.3 Å². The Kier molecular flexibility index (Phi) is 6.67. The van der Waals surface area contributed by atoms with Gasteiger partial charge in [0.2, 0.25) is 0 Å². The minimum Gasteiger partial charge on any atom is -0.507 e. The van der Waals surface area contributed by atoms with Crippen LogP contribution >= 0.6 is 11.8 Å². The van der Waals surface area contributed by atoms with Gasteiger partial charge in [-0.15, -0.1) is 5.10 Å². The van der Waals surface area contributed by atoms with Crippen molar-refractivity contribution in [2.45, 2.75) is 13.5 Å². The number of phenolic OH excluding ortho intramolecular Hbond substituents is 1. The van der Waals surface area contributed by atoms with E-state index in [4.69, 9.17) is 4.42 Å². The Balaban J connectivity index is 1.59. The first-order valence-corrected chi connectivity index (χ1v) is 10.8. The Morgan fingerprint density at radius 2 is 1.88 bits per heavy atom. The quantitative estimate of drug-likeness (QED) is 0.308. The van der Waals surface area contributed by atoms with Crippen LogP contribution in [0.4, 0.5) is 0 Å². The summed E-state index contributed by atoms with van der Waals surface area (Å²) >= 11 is 1.21. The molecule has 1 saturated heterocycles. The van der Waals surface area contributed by atoms with E-state index in [-0.39, 0.29) is 18.2 Å². The third-order valence-corrected chi connectivity index (χ3v) is 5.60. The maximum absolute atomic E-state index is 13.1. The van der Waals surface area contributed by atoms with Crippen molar-refractivity contribution in [1.29, 1.82) is 0 Å². The lowest BCUT2D eigenvalue weighted by Crippen LogP contribution is -2.28. The third kappa shape index (κ3) is 5.25. The van der Waals surface area contributed by atoms with Gasteiger partial charge in [-0.2, -0.15) is 5.10 Å². The van der Waals surface area contributed by atoms with Crippen LogP contribution in [0.25, 0.3) is 12.2 Å². The Morgan fingerprint density at radius 3 is 2.62 bits per heavy atom. The number of para-hydroxylation sites is 1. The van der Waals surface area contributed by atoms with Crippen LogP contribution < -0.4 is 0 Å². The lowest BCUT2D eigenvalue weighted by Gasteiger charge is -2.12. The molecule has 0 bridgehead atoms. The maximum Gasteiger partial charge on any atom is 0.267 e. The summed E-state index contributed by atoms with van der Waals surface area (Å²) in [7, 11) is 0. The van der Waals surface area contributed by atoms with Gasteiger partial charge in [-0.05, 0) is 54.1 Å². The van der Waals surface area contributed by atoms with Crippen molar-refractivity contribution in [2.24, 2.45) is 10.2 Å². The molecule has 6 nitrogen and oxygen atoms in total. The average Bonchev–Trinajstić information content (AvgIpc) is 3.40. The minimum atomic E-state index is -0.222. The fourth-order valence-corrected chi connectivity index (χ4v) is 3.98. The first kappa shape index (κ1) is 21.4. The number of rotatable bonds is 6. The second-order valence-electron chi connectivity index (χ2n) is 7.07. The molecule has 1 aromatic heterocycles. The van der Waals surface area contributed by atoms with Gasteiger partial charge in [0.05, 0.1) is 23.9 Å². The molecule has 4 rings (SSSR count). The van der Waals surface area contributed by atoms with Gasteiger partial charge < -0.3 is 9.52 Å². The molecule has 1 fully saturated rings. The molecule has 2 heterocycles. The second-order valence-corrected chi connectivity index (χ2v) is 8.08. The molecule has 1 amide bonds. The first-order valence-electron chi connectivity index (χ1n) is 9.96. The summed E-state index contributed by atoms with van der Waals surface area (Å²) in [4.78, 5) is 15.0. The Labute approximate surface area is 190 Å². The Hall–Kier alpha value is -3.84. The second kappa shape index (κ2) is 9.98. The highest BCUT2D eigenvalue weighted by molar-refractivity contribution is 8.18. The van der Waals surface area contributed by atoms with Crippen molar-refractivity contribution >= 4 is 41.2 Å². The molecule has 1 aliphatic heterocycles. The maximum atomic E-state index is 13.1. The highest BCUT2D eigenvalue weighted by Gasteiger charge is 2.34. The number of allylic oxidation sites excluding steroid dienone is 1. The molecule has 0 unspecified atom stereocenters. The molecule has 2 aromatic carbocycles. The number of thioether (sulfide) groups is 1. The summed E-state index contributed by atoms with van der Waals surface area (Å²) in [6, 6.07) is 20.4. The van der Waals surface area contributed by atoms with Gasteiger partial charge in [0, 0.05) is 5.56 Å². The number of nitrogens with zero attached hydrogens (tertiary/aromatic N) is 3. The average molecular weight is 444 g/mol. The fraction of sp³-hybridized carbons (Fsp3) is 0.0800. The summed E-state index contributed by atoms with van der Waals surface area (Å²) in [5, 5.41) is 19.0. The number of benzene rings is 2. The Bertz CT molecular complexity index is 1210. The van der Waals surface area contributed by atoms with Crippen LogP contribution in [0, 0.1) is 0 Å². The molecule has 0 radical (unpaired) electrons. The number of amidine groups is 1. The van der Waals surface area contributed by atoms with Crippen LogP contribution in [0.2, 0.25) is 0 Å². The van der Waals surface area contributed by atoms with Crippen LogP contribution in [0.3, 0.4) is 0 Å². The van der Waals surface area contributed by atoms with E-state index in [1.807, 2.05) is 43.3 Å². The number of hydrogen-bond acceptors (Lipinski definition) is 6. The van der Waals surface area contributed by atoms with Crippen LogP contribution in [-0.2, 0) is 11.3 Å². The fourth-order valence-electron chi connectivity index (χ4n) is 3.05. The smallest absolute Gasteiger partial charge is 0.267 e. The lowest BCUT2D eigenvalue weighted by atomic mass is 10.1. The van der Waals surface area contributed by atoms with E-state index in [2.05, 4.69) is 10.2 Å². The SMILES string of the molecule is CC(/C=N/N=C1\S/C(=C\c2ccccc2O)C(=O)N1Cc1ccco1)=C\c1ccccc1. The van der Waals surface area contributed by atoms with Crippen LogP contribution in [0.1, 0.15) is 23.8 Å². The topological polar surface area (TPSA) is 78.4 Å². The highest BCUT2D eigenvalue weighted by atomic mass is 32.2. The van der Waals surface area contributed by atoms with Crippen LogP contribution in [-0.4, -0.2) is 27.3 Å². The summed E-state index contributed by atoms with van der Waals surface area (Å²) in [5.41, 5.74) is 2.56. The number of carbonyl (C=O) groups is 1. The molecule has 0 spiro atoms. The number of carbonyl (C=O) groups excluding carboxylic acids is 1. The minimum absolute atomic E-state index is 0.107. The van der Waals surface area contributed by atoms with Crippen molar-refractivity contribution in [3.05, 3.63) is 100 Å². The molecule has 160 valence electrons. The van der Waals surface area contributed by atoms with Gasteiger partial charge in [-0.25, -0.2) is 0 Å². The largest absolute Gasteiger partial charge is 0.507 e. The summed E-state index contributed by atoms with van der Waals surface area (Å²) < 4.78 is 5.41. The van der Waals surface area contributed by atoms with E-state index in [0.717, 1.165) is 11.1 Å².